The first-order chi connectivity index (χ1) is 7.72. The van der Waals surface area contributed by atoms with Crippen LogP contribution in [0.4, 0.5) is 0 Å². The summed E-state index contributed by atoms with van der Waals surface area (Å²) in [5.41, 5.74) is 5.80. The van der Waals surface area contributed by atoms with Crippen LogP contribution in [0.2, 0.25) is 5.02 Å². The molecule has 0 spiro atoms. The number of rotatable bonds is 5. The third-order valence-corrected chi connectivity index (χ3v) is 2.23. The van der Waals surface area contributed by atoms with Gasteiger partial charge in [-0.15, -0.1) is 0 Å². The Kier molecular flexibility index (Phi) is 4.90. The maximum Gasteiger partial charge on any atom is 0.179 e. The fourth-order valence-electron chi connectivity index (χ4n) is 1.18. The van der Waals surface area contributed by atoms with Gasteiger partial charge < -0.3 is 15.2 Å². The smallest absolute Gasteiger partial charge is 0.179 e. The van der Waals surface area contributed by atoms with Crippen LogP contribution in [-0.2, 0) is 0 Å². The predicted octanol–water partition coefficient (Wildman–Crippen LogP) is 1.95. The van der Waals surface area contributed by atoms with Gasteiger partial charge >= 0.3 is 0 Å². The molecule has 0 bridgehead atoms. The van der Waals surface area contributed by atoms with E-state index in [1.54, 1.807) is 12.1 Å². The number of nitrogens with zero attached hydrogens (tertiary/aromatic N) is 1. The number of methoxy groups -OCH3 is 1. The molecule has 0 aliphatic carbocycles. The Morgan fingerprint density at radius 1 is 1.50 bits per heavy atom. The molecular weight excluding hydrogens is 228 g/mol. The lowest BCUT2D eigenvalue weighted by Gasteiger charge is -2.12. The summed E-state index contributed by atoms with van der Waals surface area (Å²) in [5, 5.41) is 9.13. The molecule has 1 rings (SSSR count). The lowest BCUT2D eigenvalue weighted by Crippen LogP contribution is -2.07. The minimum Gasteiger partial charge on any atom is -0.493 e. The average Bonchev–Trinajstić information content (AvgIpc) is 2.30. The number of hydrogen-bond donors (Lipinski definition) is 1. The number of halogens is 1. The molecule has 0 aliphatic heterocycles. The van der Waals surface area contributed by atoms with Crippen LogP contribution in [0.15, 0.2) is 12.1 Å². The van der Waals surface area contributed by atoms with Crippen LogP contribution in [0.25, 0.3) is 0 Å². The van der Waals surface area contributed by atoms with E-state index in [-0.39, 0.29) is 0 Å². The van der Waals surface area contributed by atoms with Crippen LogP contribution in [0.5, 0.6) is 11.5 Å². The largest absolute Gasteiger partial charge is 0.493 e. The average molecular weight is 241 g/mol. The van der Waals surface area contributed by atoms with Crippen molar-refractivity contribution >= 4 is 11.6 Å². The van der Waals surface area contributed by atoms with Gasteiger partial charge in [0.1, 0.15) is 0 Å². The van der Waals surface area contributed by atoms with E-state index in [2.05, 4.69) is 0 Å². The Morgan fingerprint density at radius 2 is 2.25 bits per heavy atom. The van der Waals surface area contributed by atoms with Gasteiger partial charge in [-0.2, -0.15) is 5.26 Å². The van der Waals surface area contributed by atoms with Crippen molar-refractivity contribution in [2.24, 2.45) is 5.73 Å². The Balaban J connectivity index is 2.94. The fraction of sp³-hybridized carbons (Fsp3) is 0.364. The van der Waals surface area contributed by atoms with Crippen LogP contribution >= 0.6 is 11.6 Å². The van der Waals surface area contributed by atoms with Gasteiger partial charge in [-0.25, -0.2) is 0 Å². The minimum absolute atomic E-state index is 0.368. The third-order valence-electron chi connectivity index (χ3n) is 1.95. The molecule has 0 atom stereocenters. The molecule has 1 aromatic carbocycles. The van der Waals surface area contributed by atoms with Gasteiger partial charge in [0.2, 0.25) is 0 Å². The predicted molar refractivity (Wildman–Crippen MR) is 61.9 cm³/mol. The van der Waals surface area contributed by atoms with Gasteiger partial charge in [0.25, 0.3) is 0 Å². The normalized spacial score (nSPS) is 9.62. The van der Waals surface area contributed by atoms with Gasteiger partial charge in [-0.05, 0) is 19.0 Å². The summed E-state index contributed by atoms with van der Waals surface area (Å²) >= 11 is 5.98. The molecule has 0 heterocycles. The highest BCUT2D eigenvalue weighted by atomic mass is 35.5. The lowest BCUT2D eigenvalue weighted by atomic mass is 10.2. The van der Waals surface area contributed by atoms with Crippen molar-refractivity contribution in [1.29, 1.82) is 5.26 Å². The van der Waals surface area contributed by atoms with Crippen LogP contribution in [0.1, 0.15) is 12.0 Å². The van der Waals surface area contributed by atoms with Crippen molar-refractivity contribution in [2.45, 2.75) is 6.42 Å². The maximum atomic E-state index is 8.77. The van der Waals surface area contributed by atoms with Gasteiger partial charge in [0.05, 0.1) is 30.4 Å². The second-order valence-electron chi connectivity index (χ2n) is 3.09. The molecule has 16 heavy (non-hydrogen) atoms. The number of nitrogens with two attached hydrogens (primary N) is 1. The molecule has 0 saturated heterocycles. The van der Waals surface area contributed by atoms with Gasteiger partial charge in [0.15, 0.2) is 11.5 Å². The van der Waals surface area contributed by atoms with Crippen molar-refractivity contribution < 1.29 is 9.47 Å². The monoisotopic (exact) mass is 240 g/mol. The molecule has 0 amide bonds. The molecule has 2 N–H and O–H groups in total. The van der Waals surface area contributed by atoms with Crippen molar-refractivity contribution in [3.05, 3.63) is 22.7 Å². The number of ether oxygens (including phenoxy) is 2. The van der Waals surface area contributed by atoms with Crippen molar-refractivity contribution in [1.82, 2.24) is 0 Å². The number of benzene rings is 1. The topological polar surface area (TPSA) is 68.3 Å². The molecule has 0 unspecified atom stereocenters. The van der Waals surface area contributed by atoms with Crippen LogP contribution in [0, 0.1) is 11.3 Å². The summed E-state index contributed by atoms with van der Waals surface area (Å²) in [4.78, 5) is 0. The Hall–Kier alpha value is -1.44. The summed E-state index contributed by atoms with van der Waals surface area (Å²) in [7, 11) is 1.50. The highest BCUT2D eigenvalue weighted by Crippen LogP contribution is 2.36. The molecule has 0 fully saturated rings. The first kappa shape index (κ1) is 12.6. The first-order valence-corrected chi connectivity index (χ1v) is 5.21. The highest BCUT2D eigenvalue weighted by molar-refractivity contribution is 6.32. The van der Waals surface area contributed by atoms with E-state index in [1.807, 2.05) is 6.07 Å². The molecule has 4 nitrogen and oxygen atoms in total. The zero-order chi connectivity index (χ0) is 12.0. The Morgan fingerprint density at radius 3 is 2.81 bits per heavy atom. The zero-order valence-corrected chi connectivity index (χ0v) is 9.75. The molecule has 0 radical (unpaired) electrons. The molecule has 86 valence electrons. The van der Waals surface area contributed by atoms with E-state index in [0.29, 0.717) is 35.2 Å². The van der Waals surface area contributed by atoms with E-state index in [1.165, 1.54) is 7.11 Å². The van der Waals surface area contributed by atoms with Crippen LogP contribution in [-0.4, -0.2) is 20.3 Å². The summed E-state index contributed by atoms with van der Waals surface area (Å²) < 4.78 is 10.6. The van der Waals surface area contributed by atoms with E-state index >= 15 is 0 Å². The molecule has 0 aliphatic rings. The molecule has 0 aromatic heterocycles. The van der Waals surface area contributed by atoms with Crippen molar-refractivity contribution in [3.8, 4) is 17.6 Å². The standard InChI is InChI=1S/C11H13ClN2O2/c1-15-10-6-8(7-14)5-9(12)11(10)16-4-2-3-13/h5-6H,2-4,13H2,1H3. The fourth-order valence-corrected chi connectivity index (χ4v) is 1.45. The Labute approximate surface area is 99.5 Å². The maximum absolute atomic E-state index is 8.77. The highest BCUT2D eigenvalue weighted by Gasteiger charge is 2.11. The summed E-state index contributed by atoms with van der Waals surface area (Å²) in [6, 6.07) is 5.13. The van der Waals surface area contributed by atoms with Crippen molar-refractivity contribution in [2.75, 3.05) is 20.3 Å². The molecular formula is C11H13ClN2O2. The van der Waals surface area contributed by atoms with Gasteiger partial charge in [-0.3, -0.25) is 0 Å². The van der Waals surface area contributed by atoms with E-state index in [9.17, 15) is 0 Å². The third kappa shape index (κ3) is 3.02. The second-order valence-corrected chi connectivity index (χ2v) is 3.50. The van der Waals surface area contributed by atoms with Crippen molar-refractivity contribution in [3.63, 3.8) is 0 Å². The van der Waals surface area contributed by atoms with E-state index < -0.39 is 0 Å². The molecule has 1 aromatic rings. The van der Waals surface area contributed by atoms with E-state index in [0.717, 1.165) is 6.42 Å². The zero-order valence-electron chi connectivity index (χ0n) is 9.00. The number of nitriles is 1. The van der Waals surface area contributed by atoms with E-state index in [4.69, 9.17) is 32.1 Å². The quantitative estimate of drug-likeness (QED) is 0.799. The van der Waals surface area contributed by atoms with Gasteiger partial charge in [-0.1, -0.05) is 11.6 Å². The number of hydrogen-bond acceptors (Lipinski definition) is 4. The van der Waals surface area contributed by atoms with Crippen LogP contribution < -0.4 is 15.2 Å². The SMILES string of the molecule is COc1cc(C#N)cc(Cl)c1OCCCN. The summed E-state index contributed by atoms with van der Waals surface area (Å²) in [5.74, 6) is 0.915. The van der Waals surface area contributed by atoms with Crippen LogP contribution in [0.3, 0.4) is 0 Å². The van der Waals surface area contributed by atoms with Gasteiger partial charge in [0, 0.05) is 6.07 Å². The summed E-state index contributed by atoms with van der Waals surface area (Å²) in [6.07, 6.45) is 0.736. The molecule has 0 saturated carbocycles. The Bertz CT molecular complexity index is 402. The minimum atomic E-state index is 0.368. The molecule has 5 heteroatoms. The second kappa shape index (κ2) is 6.21. The lowest BCUT2D eigenvalue weighted by molar-refractivity contribution is 0.291. The summed E-state index contributed by atoms with van der Waals surface area (Å²) in [6.45, 7) is 1.02. The first-order valence-electron chi connectivity index (χ1n) is 4.83.